The Labute approximate surface area is 230 Å². The largest absolute Gasteiger partial charge is 0.495 e. The van der Waals surface area contributed by atoms with Gasteiger partial charge in [-0.2, -0.15) is 0 Å². The Kier molecular flexibility index (Phi) is 8.84. The van der Waals surface area contributed by atoms with Crippen molar-refractivity contribution in [2.24, 2.45) is 5.92 Å². The summed E-state index contributed by atoms with van der Waals surface area (Å²) in [6, 6.07) is 19.9. The van der Waals surface area contributed by atoms with Crippen LogP contribution in [-0.4, -0.2) is 53.1 Å². The van der Waals surface area contributed by atoms with Crippen LogP contribution in [0, 0.1) is 12.8 Å². The predicted octanol–water partition coefficient (Wildman–Crippen LogP) is 5.34. The highest BCUT2D eigenvalue weighted by atomic mass is 35.5. The third-order valence-corrected chi connectivity index (χ3v) is 9.01. The number of hydrogen-bond donors (Lipinski definition) is 0. The van der Waals surface area contributed by atoms with Gasteiger partial charge in [0.05, 0.1) is 24.9 Å². The molecule has 1 heterocycles. The second kappa shape index (κ2) is 12.1. The highest BCUT2D eigenvalue weighted by Crippen LogP contribution is 2.35. The highest BCUT2D eigenvalue weighted by Gasteiger charge is 2.33. The summed E-state index contributed by atoms with van der Waals surface area (Å²) in [5.74, 6) is 0.839. The Bertz CT molecular complexity index is 1370. The lowest BCUT2D eigenvalue weighted by Gasteiger charge is -2.34. The Balaban J connectivity index is 1.58. The lowest BCUT2D eigenvalue weighted by molar-refractivity contribution is -0.130. The van der Waals surface area contributed by atoms with Crippen LogP contribution in [-0.2, 0) is 21.2 Å². The fourth-order valence-corrected chi connectivity index (χ4v) is 6.69. The molecule has 0 unspecified atom stereocenters. The zero-order chi connectivity index (χ0) is 27.3. The summed E-state index contributed by atoms with van der Waals surface area (Å²) < 4.78 is 39.7. The SMILES string of the molecule is COc1ccc(N(CC(=O)N2CCC(Cc3ccccc3)CC2)S(=O)(=O)c2cc(C)ccc2OC)cc1Cl. The van der Waals surface area contributed by atoms with Gasteiger partial charge in [0, 0.05) is 13.1 Å². The average molecular weight is 557 g/mol. The lowest BCUT2D eigenvalue weighted by Crippen LogP contribution is -2.46. The molecular formula is C29H33ClN2O5S. The number of carbonyl (C=O) groups excluding carboxylic acids is 1. The van der Waals surface area contributed by atoms with Crippen LogP contribution in [0.1, 0.15) is 24.0 Å². The van der Waals surface area contributed by atoms with E-state index < -0.39 is 10.0 Å². The van der Waals surface area contributed by atoms with Gasteiger partial charge >= 0.3 is 0 Å². The van der Waals surface area contributed by atoms with Crippen molar-refractivity contribution in [1.82, 2.24) is 4.90 Å². The first-order valence-corrected chi connectivity index (χ1v) is 14.4. The van der Waals surface area contributed by atoms with Gasteiger partial charge < -0.3 is 14.4 Å². The molecule has 3 aromatic rings. The van der Waals surface area contributed by atoms with Crippen LogP contribution in [0.5, 0.6) is 11.5 Å². The van der Waals surface area contributed by atoms with Crippen molar-refractivity contribution >= 4 is 33.2 Å². The molecule has 38 heavy (non-hydrogen) atoms. The fraction of sp³-hybridized carbons (Fsp3) is 0.345. The molecule has 0 bridgehead atoms. The van der Waals surface area contributed by atoms with E-state index in [1.165, 1.54) is 25.8 Å². The molecule has 1 amide bonds. The molecule has 0 aliphatic carbocycles. The van der Waals surface area contributed by atoms with E-state index >= 15 is 0 Å². The minimum atomic E-state index is -4.18. The number of ether oxygens (including phenoxy) is 2. The molecule has 0 aromatic heterocycles. The number of methoxy groups -OCH3 is 2. The van der Waals surface area contributed by atoms with Gasteiger partial charge in [0.2, 0.25) is 5.91 Å². The average Bonchev–Trinajstić information content (AvgIpc) is 2.92. The van der Waals surface area contributed by atoms with E-state index in [9.17, 15) is 13.2 Å². The van der Waals surface area contributed by atoms with E-state index in [0.717, 1.165) is 29.1 Å². The number of halogens is 1. The van der Waals surface area contributed by atoms with Gasteiger partial charge in [0.1, 0.15) is 22.9 Å². The summed E-state index contributed by atoms with van der Waals surface area (Å²) in [5, 5.41) is 0.246. The van der Waals surface area contributed by atoms with Crippen LogP contribution in [0.15, 0.2) is 71.6 Å². The number of sulfonamides is 1. The molecule has 0 saturated carbocycles. The number of benzene rings is 3. The molecule has 0 spiro atoms. The summed E-state index contributed by atoms with van der Waals surface area (Å²) in [6.45, 7) is 2.62. The third kappa shape index (κ3) is 6.25. The van der Waals surface area contributed by atoms with E-state index in [0.29, 0.717) is 24.8 Å². The minimum absolute atomic E-state index is 0.0127. The molecule has 0 N–H and O–H groups in total. The maximum Gasteiger partial charge on any atom is 0.268 e. The van der Waals surface area contributed by atoms with Gasteiger partial charge in [-0.05, 0) is 73.6 Å². The van der Waals surface area contributed by atoms with Crippen molar-refractivity contribution in [1.29, 1.82) is 0 Å². The molecule has 7 nitrogen and oxygen atoms in total. The summed E-state index contributed by atoms with van der Waals surface area (Å²) in [4.78, 5) is 15.2. The molecule has 1 fully saturated rings. The third-order valence-electron chi connectivity index (χ3n) is 6.92. The first-order chi connectivity index (χ1) is 18.2. The molecule has 1 aliphatic heterocycles. The second-order valence-corrected chi connectivity index (χ2v) is 11.7. The van der Waals surface area contributed by atoms with Crippen LogP contribution in [0.4, 0.5) is 5.69 Å². The van der Waals surface area contributed by atoms with E-state index in [-0.39, 0.29) is 33.8 Å². The van der Waals surface area contributed by atoms with Gasteiger partial charge in [-0.25, -0.2) is 8.42 Å². The van der Waals surface area contributed by atoms with E-state index in [2.05, 4.69) is 12.1 Å². The fourth-order valence-electron chi connectivity index (χ4n) is 4.79. The van der Waals surface area contributed by atoms with Crippen LogP contribution < -0.4 is 13.8 Å². The lowest BCUT2D eigenvalue weighted by atomic mass is 9.90. The number of hydrogen-bond acceptors (Lipinski definition) is 5. The number of nitrogens with zero attached hydrogens (tertiary/aromatic N) is 2. The molecule has 0 radical (unpaired) electrons. The molecule has 1 aliphatic rings. The van der Waals surface area contributed by atoms with Crippen LogP contribution in [0.25, 0.3) is 0 Å². The molecule has 9 heteroatoms. The standard InChI is InChI=1S/C29H33ClN2O5S/c1-21-9-11-27(37-3)28(17-21)38(34,35)32(24-10-12-26(36-2)25(30)19-24)20-29(33)31-15-13-23(14-16-31)18-22-7-5-4-6-8-22/h4-12,17,19,23H,13-16,18,20H2,1-3H3. The number of likely N-dealkylation sites (tertiary alicyclic amines) is 1. The zero-order valence-corrected chi connectivity index (χ0v) is 23.5. The van der Waals surface area contributed by atoms with Gasteiger partial charge in [-0.15, -0.1) is 0 Å². The topological polar surface area (TPSA) is 76.2 Å². The summed E-state index contributed by atoms with van der Waals surface area (Å²) in [7, 11) is -1.28. The molecule has 202 valence electrons. The van der Waals surface area contributed by atoms with E-state index in [1.54, 1.807) is 42.2 Å². The Morgan fingerprint density at radius 2 is 1.63 bits per heavy atom. The molecule has 1 saturated heterocycles. The number of amides is 1. The van der Waals surface area contributed by atoms with Crippen LogP contribution in [0.3, 0.4) is 0 Å². The monoisotopic (exact) mass is 556 g/mol. The minimum Gasteiger partial charge on any atom is -0.495 e. The first kappa shape index (κ1) is 27.8. The Hall–Kier alpha value is -3.23. The smallest absolute Gasteiger partial charge is 0.268 e. The number of aryl methyl sites for hydroxylation is 1. The zero-order valence-electron chi connectivity index (χ0n) is 21.9. The summed E-state index contributed by atoms with van der Waals surface area (Å²) in [6.07, 6.45) is 2.71. The molecule has 4 rings (SSSR count). The van der Waals surface area contributed by atoms with Gasteiger partial charge in [-0.3, -0.25) is 9.10 Å². The number of anilines is 1. The summed E-state index contributed by atoms with van der Waals surface area (Å²) in [5.41, 5.74) is 2.31. The highest BCUT2D eigenvalue weighted by molar-refractivity contribution is 7.93. The number of carbonyl (C=O) groups is 1. The van der Waals surface area contributed by atoms with Crippen molar-refractivity contribution in [3.8, 4) is 11.5 Å². The van der Waals surface area contributed by atoms with Crippen molar-refractivity contribution in [2.75, 3.05) is 38.2 Å². The number of piperidine rings is 1. The first-order valence-electron chi connectivity index (χ1n) is 12.6. The quantitative estimate of drug-likeness (QED) is 0.355. The normalized spacial score (nSPS) is 14.3. The van der Waals surface area contributed by atoms with Crippen molar-refractivity contribution in [3.63, 3.8) is 0 Å². The van der Waals surface area contributed by atoms with Gasteiger partial charge in [-0.1, -0.05) is 48.0 Å². The van der Waals surface area contributed by atoms with Crippen LogP contribution >= 0.6 is 11.6 Å². The number of rotatable bonds is 9. The Morgan fingerprint density at radius 1 is 0.974 bits per heavy atom. The predicted molar refractivity (Wildman–Crippen MR) is 150 cm³/mol. The maximum atomic E-state index is 14.0. The second-order valence-electron chi connectivity index (χ2n) is 9.50. The van der Waals surface area contributed by atoms with Crippen molar-refractivity contribution in [2.45, 2.75) is 31.1 Å². The maximum absolute atomic E-state index is 14.0. The Morgan fingerprint density at radius 3 is 2.26 bits per heavy atom. The molecule has 0 atom stereocenters. The van der Waals surface area contributed by atoms with Gasteiger partial charge in [0.25, 0.3) is 10.0 Å². The summed E-state index contributed by atoms with van der Waals surface area (Å²) >= 11 is 6.35. The van der Waals surface area contributed by atoms with E-state index in [1.807, 2.05) is 18.2 Å². The van der Waals surface area contributed by atoms with E-state index in [4.69, 9.17) is 21.1 Å². The molecule has 3 aromatic carbocycles. The van der Waals surface area contributed by atoms with Gasteiger partial charge in [0.15, 0.2) is 0 Å². The van der Waals surface area contributed by atoms with Crippen molar-refractivity contribution < 1.29 is 22.7 Å². The molecular weight excluding hydrogens is 524 g/mol. The van der Waals surface area contributed by atoms with Crippen molar-refractivity contribution in [3.05, 3.63) is 82.9 Å². The van der Waals surface area contributed by atoms with Crippen LogP contribution in [0.2, 0.25) is 5.02 Å².